The predicted octanol–water partition coefficient (Wildman–Crippen LogP) is 1.20. The summed E-state index contributed by atoms with van der Waals surface area (Å²) in [4.78, 5) is 4.28. The molecular formula is C9H17NO3. The maximum absolute atomic E-state index is 5.50. The topological polar surface area (TPSA) is 40.0 Å². The standard InChI is InChI=1S/C9H17NO3/c1-7-4-8(10-6-11-2)5-9(12-3)13-7/h7,9H,4-6H2,1-3H3. The number of aliphatic imine (C=N–C) groups is 1. The Labute approximate surface area is 78.9 Å². The first-order chi connectivity index (χ1) is 6.26. The first kappa shape index (κ1) is 10.6. The Morgan fingerprint density at radius 3 is 2.85 bits per heavy atom. The highest BCUT2D eigenvalue weighted by Crippen LogP contribution is 2.17. The van der Waals surface area contributed by atoms with Crippen LogP contribution in [0.1, 0.15) is 19.8 Å². The summed E-state index contributed by atoms with van der Waals surface area (Å²) in [6.07, 6.45) is 1.68. The third-order valence-corrected chi connectivity index (χ3v) is 1.99. The maximum Gasteiger partial charge on any atom is 0.162 e. The van der Waals surface area contributed by atoms with Crippen LogP contribution in [0.5, 0.6) is 0 Å². The lowest BCUT2D eigenvalue weighted by Crippen LogP contribution is -2.32. The van der Waals surface area contributed by atoms with Crippen LogP contribution in [-0.4, -0.2) is 39.1 Å². The summed E-state index contributed by atoms with van der Waals surface area (Å²) in [6, 6.07) is 0. The summed E-state index contributed by atoms with van der Waals surface area (Å²) >= 11 is 0. The molecule has 0 bridgehead atoms. The van der Waals surface area contributed by atoms with Gasteiger partial charge in [-0.15, -0.1) is 0 Å². The Balaban J connectivity index is 2.46. The molecule has 1 saturated heterocycles. The van der Waals surface area contributed by atoms with E-state index in [0.29, 0.717) is 6.73 Å². The Hall–Kier alpha value is -0.450. The minimum Gasteiger partial charge on any atom is -0.363 e. The second kappa shape index (κ2) is 5.32. The van der Waals surface area contributed by atoms with E-state index in [9.17, 15) is 0 Å². The van der Waals surface area contributed by atoms with Gasteiger partial charge in [0, 0.05) is 32.8 Å². The Morgan fingerprint density at radius 1 is 1.46 bits per heavy atom. The lowest BCUT2D eigenvalue weighted by Gasteiger charge is -2.27. The number of nitrogens with zero attached hydrogens (tertiary/aromatic N) is 1. The van der Waals surface area contributed by atoms with Crippen LogP contribution in [-0.2, 0) is 14.2 Å². The summed E-state index contributed by atoms with van der Waals surface area (Å²) in [7, 11) is 3.29. The van der Waals surface area contributed by atoms with Crippen LogP contribution in [0.3, 0.4) is 0 Å². The van der Waals surface area contributed by atoms with Crippen LogP contribution >= 0.6 is 0 Å². The van der Waals surface area contributed by atoms with Gasteiger partial charge in [-0.3, -0.25) is 4.99 Å². The molecule has 2 atom stereocenters. The van der Waals surface area contributed by atoms with Gasteiger partial charge >= 0.3 is 0 Å². The van der Waals surface area contributed by atoms with Crippen molar-refractivity contribution in [1.29, 1.82) is 0 Å². The fourth-order valence-electron chi connectivity index (χ4n) is 1.39. The summed E-state index contributed by atoms with van der Waals surface area (Å²) in [5.41, 5.74) is 1.12. The van der Waals surface area contributed by atoms with E-state index in [2.05, 4.69) is 4.99 Å². The lowest BCUT2D eigenvalue weighted by atomic mass is 10.1. The molecule has 0 saturated carbocycles. The monoisotopic (exact) mass is 187 g/mol. The van der Waals surface area contributed by atoms with Crippen LogP contribution in [0.4, 0.5) is 0 Å². The minimum atomic E-state index is -0.139. The Kier molecular flexibility index (Phi) is 4.35. The second-order valence-electron chi connectivity index (χ2n) is 3.16. The quantitative estimate of drug-likeness (QED) is 0.666. The summed E-state index contributed by atoms with van der Waals surface area (Å²) in [5.74, 6) is 0. The van der Waals surface area contributed by atoms with Crippen molar-refractivity contribution in [2.45, 2.75) is 32.2 Å². The molecule has 1 fully saturated rings. The maximum atomic E-state index is 5.50. The molecule has 1 heterocycles. The van der Waals surface area contributed by atoms with Crippen LogP contribution in [0.25, 0.3) is 0 Å². The average Bonchev–Trinajstić information content (AvgIpc) is 2.14. The van der Waals surface area contributed by atoms with Crippen molar-refractivity contribution in [2.75, 3.05) is 21.0 Å². The van der Waals surface area contributed by atoms with E-state index in [1.807, 2.05) is 6.92 Å². The highest BCUT2D eigenvalue weighted by Gasteiger charge is 2.22. The predicted molar refractivity (Wildman–Crippen MR) is 49.9 cm³/mol. The van der Waals surface area contributed by atoms with Crippen molar-refractivity contribution in [1.82, 2.24) is 0 Å². The number of methoxy groups -OCH3 is 2. The van der Waals surface area contributed by atoms with Crippen molar-refractivity contribution in [3.63, 3.8) is 0 Å². The first-order valence-corrected chi connectivity index (χ1v) is 4.45. The average molecular weight is 187 g/mol. The molecule has 0 N–H and O–H groups in total. The molecular weight excluding hydrogens is 170 g/mol. The van der Waals surface area contributed by atoms with Gasteiger partial charge in [0.15, 0.2) is 6.29 Å². The molecule has 0 aromatic heterocycles. The third-order valence-electron chi connectivity index (χ3n) is 1.99. The summed E-state index contributed by atoms with van der Waals surface area (Å²) < 4.78 is 15.5. The van der Waals surface area contributed by atoms with Gasteiger partial charge in [-0.2, -0.15) is 0 Å². The highest BCUT2D eigenvalue weighted by atomic mass is 16.7. The molecule has 2 unspecified atom stereocenters. The van der Waals surface area contributed by atoms with E-state index >= 15 is 0 Å². The molecule has 1 aliphatic rings. The molecule has 0 aromatic carbocycles. The zero-order chi connectivity index (χ0) is 9.68. The zero-order valence-electron chi connectivity index (χ0n) is 8.45. The van der Waals surface area contributed by atoms with Gasteiger partial charge in [0.25, 0.3) is 0 Å². The van der Waals surface area contributed by atoms with E-state index in [4.69, 9.17) is 14.2 Å². The molecule has 0 amide bonds. The summed E-state index contributed by atoms with van der Waals surface area (Å²) in [6.45, 7) is 2.45. The number of hydrogen-bond acceptors (Lipinski definition) is 4. The molecule has 4 nitrogen and oxygen atoms in total. The zero-order valence-corrected chi connectivity index (χ0v) is 8.45. The van der Waals surface area contributed by atoms with Gasteiger partial charge in [0.2, 0.25) is 0 Å². The normalized spacial score (nSPS) is 32.4. The molecule has 0 aromatic rings. The van der Waals surface area contributed by atoms with Crippen molar-refractivity contribution in [2.24, 2.45) is 4.99 Å². The van der Waals surface area contributed by atoms with Gasteiger partial charge < -0.3 is 14.2 Å². The molecule has 4 heteroatoms. The highest BCUT2D eigenvalue weighted by molar-refractivity contribution is 5.85. The van der Waals surface area contributed by atoms with Crippen molar-refractivity contribution < 1.29 is 14.2 Å². The van der Waals surface area contributed by atoms with Crippen molar-refractivity contribution in [3.05, 3.63) is 0 Å². The molecule has 1 rings (SSSR count). The second-order valence-corrected chi connectivity index (χ2v) is 3.16. The minimum absolute atomic E-state index is 0.139. The number of ether oxygens (including phenoxy) is 3. The van der Waals surface area contributed by atoms with E-state index in [1.165, 1.54) is 0 Å². The summed E-state index contributed by atoms with van der Waals surface area (Å²) in [5, 5.41) is 0. The lowest BCUT2D eigenvalue weighted by molar-refractivity contribution is -0.152. The number of rotatable bonds is 3. The first-order valence-electron chi connectivity index (χ1n) is 4.45. The smallest absolute Gasteiger partial charge is 0.162 e. The Morgan fingerprint density at radius 2 is 2.23 bits per heavy atom. The van der Waals surface area contributed by atoms with E-state index < -0.39 is 0 Å². The van der Waals surface area contributed by atoms with Gasteiger partial charge in [0.05, 0.1) is 6.10 Å². The van der Waals surface area contributed by atoms with E-state index in [0.717, 1.165) is 18.6 Å². The fraction of sp³-hybridized carbons (Fsp3) is 0.889. The largest absolute Gasteiger partial charge is 0.363 e. The van der Waals surface area contributed by atoms with Crippen molar-refractivity contribution in [3.8, 4) is 0 Å². The van der Waals surface area contributed by atoms with E-state index in [-0.39, 0.29) is 12.4 Å². The van der Waals surface area contributed by atoms with Gasteiger partial charge in [0.1, 0.15) is 6.73 Å². The van der Waals surface area contributed by atoms with Gasteiger partial charge in [-0.25, -0.2) is 0 Å². The van der Waals surface area contributed by atoms with Gasteiger partial charge in [-0.1, -0.05) is 0 Å². The molecule has 0 spiro atoms. The van der Waals surface area contributed by atoms with Crippen LogP contribution in [0.15, 0.2) is 4.99 Å². The fourth-order valence-corrected chi connectivity index (χ4v) is 1.39. The third kappa shape index (κ3) is 3.42. The van der Waals surface area contributed by atoms with E-state index in [1.54, 1.807) is 14.2 Å². The molecule has 0 radical (unpaired) electrons. The molecule has 0 aliphatic carbocycles. The number of hydrogen-bond donors (Lipinski definition) is 0. The van der Waals surface area contributed by atoms with Crippen LogP contribution in [0.2, 0.25) is 0 Å². The van der Waals surface area contributed by atoms with Crippen LogP contribution < -0.4 is 0 Å². The molecule has 13 heavy (non-hydrogen) atoms. The Bertz CT molecular complexity index is 182. The van der Waals surface area contributed by atoms with Gasteiger partial charge in [-0.05, 0) is 6.92 Å². The molecule has 1 aliphatic heterocycles. The van der Waals surface area contributed by atoms with Crippen LogP contribution in [0, 0.1) is 0 Å². The van der Waals surface area contributed by atoms with Crippen molar-refractivity contribution >= 4 is 5.71 Å². The SMILES string of the molecule is COCN=C1CC(C)OC(OC)C1. The molecule has 76 valence electrons.